The molecule has 2 aliphatic rings. The number of fused-ring (bicyclic) bond motifs is 2. The summed E-state index contributed by atoms with van der Waals surface area (Å²) in [6.07, 6.45) is 4.35. The maximum atomic E-state index is 11.9. The van der Waals surface area contributed by atoms with Crippen molar-refractivity contribution in [3.63, 3.8) is 0 Å². The third-order valence-corrected chi connectivity index (χ3v) is 21.1. The molecule has 0 amide bonds. The fourth-order valence-electron chi connectivity index (χ4n) is 6.58. The number of aromatic nitrogens is 2. The number of benzene rings is 2. The molecule has 0 radical (unpaired) electrons. The molecule has 2 aliphatic heterocycles. The number of esters is 2. The standard InChI is InChI=1S/C24H36N2O3Si.C16H21NO2Si.C8H15NO2/c1-7-28-23(27)18-12-14-26(15-13-18)17-20-9-8-19-16-21(10-11-22(19)25-20)29-30(5,6)24(2,3)4;1-16(2,3)20(4,5)19-14-8-9-15-12(10-14)6-7-13(11-18)17-15;1-2-11-8(10)7-3-5-9-6-4-7/h8-11,16,18H,7,12-15,17H2,1-6H3;6-11H,1-5H3;7,9H,2-6H2,1H3. The molecular weight excluding hydrogens is 801 g/mol. The number of carbonyl (C=O) groups is 3. The smallest absolute Gasteiger partial charge is 0.309 e. The molecule has 4 heterocycles. The number of carbonyl (C=O) groups excluding carboxylic acids is 3. The van der Waals surface area contributed by atoms with Gasteiger partial charge in [-0.25, -0.2) is 4.98 Å². The summed E-state index contributed by atoms with van der Waals surface area (Å²) in [6.45, 7) is 31.6. The van der Waals surface area contributed by atoms with Gasteiger partial charge in [-0.2, -0.15) is 0 Å². The fraction of sp³-hybridized carbons (Fsp3) is 0.562. The predicted molar refractivity (Wildman–Crippen MR) is 251 cm³/mol. The largest absolute Gasteiger partial charge is 0.543 e. The van der Waals surface area contributed by atoms with Gasteiger partial charge in [-0.05, 0) is 151 Å². The summed E-state index contributed by atoms with van der Waals surface area (Å²) in [5.41, 5.74) is 3.33. The predicted octanol–water partition coefficient (Wildman–Crippen LogP) is 10.4. The summed E-state index contributed by atoms with van der Waals surface area (Å²) in [4.78, 5) is 45.3. The zero-order valence-corrected chi connectivity index (χ0v) is 41.0. The minimum absolute atomic E-state index is 0.0194. The fourth-order valence-corrected chi connectivity index (χ4v) is 8.62. The number of ether oxygens (including phenoxy) is 2. The third kappa shape index (κ3) is 14.4. The average molecular weight is 873 g/mol. The van der Waals surface area contributed by atoms with Crippen LogP contribution in [0.3, 0.4) is 0 Å². The number of nitrogens with zero attached hydrogens (tertiary/aromatic N) is 3. The maximum absolute atomic E-state index is 11.9. The van der Waals surface area contributed by atoms with E-state index in [-0.39, 0.29) is 33.9 Å². The van der Waals surface area contributed by atoms with Crippen LogP contribution in [0.1, 0.15) is 97.3 Å². The van der Waals surface area contributed by atoms with E-state index >= 15 is 0 Å². The van der Waals surface area contributed by atoms with Crippen molar-refractivity contribution in [1.82, 2.24) is 20.2 Å². The van der Waals surface area contributed by atoms with Crippen molar-refractivity contribution in [1.29, 1.82) is 0 Å². The monoisotopic (exact) mass is 872 g/mol. The van der Waals surface area contributed by atoms with Gasteiger partial charge in [-0.1, -0.05) is 53.7 Å². The molecule has 2 saturated heterocycles. The lowest BCUT2D eigenvalue weighted by Crippen LogP contribution is -2.43. The summed E-state index contributed by atoms with van der Waals surface area (Å²) in [5, 5.41) is 5.64. The topological polar surface area (TPSA) is 129 Å². The Labute approximate surface area is 366 Å². The maximum Gasteiger partial charge on any atom is 0.309 e. The Balaban J connectivity index is 0.000000226. The molecule has 0 atom stereocenters. The van der Waals surface area contributed by atoms with Gasteiger partial charge in [-0.15, -0.1) is 0 Å². The zero-order valence-electron chi connectivity index (χ0n) is 39.0. The molecule has 0 aliphatic carbocycles. The van der Waals surface area contributed by atoms with Crippen molar-refractivity contribution in [3.05, 3.63) is 72.1 Å². The number of nitrogens with one attached hydrogen (secondary N) is 1. The number of aldehydes is 1. The number of rotatable bonds is 11. The lowest BCUT2D eigenvalue weighted by molar-refractivity contribution is -0.150. The van der Waals surface area contributed by atoms with Gasteiger partial charge in [0.05, 0.1) is 41.8 Å². The number of hydrogen-bond acceptors (Lipinski definition) is 11. The summed E-state index contributed by atoms with van der Waals surface area (Å²) in [5.74, 6) is 1.95. The van der Waals surface area contributed by atoms with Crippen LogP contribution >= 0.6 is 0 Å². The van der Waals surface area contributed by atoms with E-state index in [0.717, 1.165) is 104 Å². The zero-order chi connectivity index (χ0) is 45.0. The van der Waals surface area contributed by atoms with Crippen LogP contribution in [0, 0.1) is 11.8 Å². The normalized spacial score (nSPS) is 15.8. The first kappa shape index (κ1) is 49.5. The first-order chi connectivity index (χ1) is 28.7. The van der Waals surface area contributed by atoms with E-state index in [1.165, 1.54) is 0 Å². The van der Waals surface area contributed by atoms with Crippen LogP contribution in [-0.4, -0.2) is 89.1 Å². The highest BCUT2D eigenvalue weighted by molar-refractivity contribution is 6.75. The van der Waals surface area contributed by atoms with Gasteiger partial charge in [0.2, 0.25) is 16.6 Å². The molecular formula is C48H72N4O7Si2. The Morgan fingerprint density at radius 3 is 1.61 bits per heavy atom. The van der Waals surface area contributed by atoms with Gasteiger partial charge in [0, 0.05) is 17.3 Å². The highest BCUT2D eigenvalue weighted by Gasteiger charge is 2.40. The second kappa shape index (κ2) is 21.8. The Morgan fingerprint density at radius 1 is 0.689 bits per heavy atom. The molecule has 0 spiro atoms. The van der Waals surface area contributed by atoms with Crippen molar-refractivity contribution in [2.75, 3.05) is 39.4 Å². The molecule has 4 aromatic rings. The van der Waals surface area contributed by atoms with Crippen molar-refractivity contribution in [3.8, 4) is 11.5 Å². The summed E-state index contributed by atoms with van der Waals surface area (Å²) in [6, 6.07) is 19.9. The molecule has 334 valence electrons. The van der Waals surface area contributed by atoms with Crippen molar-refractivity contribution < 1.29 is 32.7 Å². The van der Waals surface area contributed by atoms with E-state index in [0.29, 0.717) is 18.9 Å². The van der Waals surface area contributed by atoms with Crippen molar-refractivity contribution >= 4 is 56.7 Å². The minimum atomic E-state index is -1.85. The van der Waals surface area contributed by atoms with E-state index < -0.39 is 16.6 Å². The van der Waals surface area contributed by atoms with Crippen LogP contribution in [0.2, 0.25) is 36.3 Å². The summed E-state index contributed by atoms with van der Waals surface area (Å²) >= 11 is 0. The molecule has 0 bridgehead atoms. The molecule has 2 aromatic heterocycles. The number of pyridine rings is 2. The SMILES string of the molecule is CC(C)(C)[Si](C)(C)Oc1ccc2nc(C=O)ccc2c1.CCOC(=O)C1CCN(Cc2ccc3cc(O[Si](C)(C)C(C)(C)C)ccc3n2)CC1.CCOC(=O)C1CCNCC1. The molecule has 61 heavy (non-hydrogen) atoms. The van der Waals surface area contributed by atoms with Gasteiger partial charge in [-0.3, -0.25) is 24.3 Å². The summed E-state index contributed by atoms with van der Waals surface area (Å²) in [7, 11) is -3.68. The second-order valence-corrected chi connectivity index (χ2v) is 28.6. The van der Waals surface area contributed by atoms with E-state index in [2.05, 4.69) is 107 Å². The Kier molecular flexibility index (Phi) is 17.6. The van der Waals surface area contributed by atoms with Crippen LogP contribution in [0.25, 0.3) is 21.8 Å². The molecule has 0 unspecified atom stereocenters. The highest BCUT2D eigenvalue weighted by Crippen LogP contribution is 2.39. The molecule has 1 N–H and O–H groups in total. The first-order valence-corrected chi connectivity index (χ1v) is 27.9. The molecule has 11 nitrogen and oxygen atoms in total. The molecule has 2 fully saturated rings. The van der Waals surface area contributed by atoms with Gasteiger partial charge >= 0.3 is 11.9 Å². The Bertz CT molecular complexity index is 2070. The molecule has 0 saturated carbocycles. The van der Waals surface area contributed by atoms with Gasteiger partial charge < -0.3 is 23.6 Å². The van der Waals surface area contributed by atoms with Crippen LogP contribution in [0.5, 0.6) is 11.5 Å². The Morgan fingerprint density at radius 2 is 1.15 bits per heavy atom. The lowest BCUT2D eigenvalue weighted by atomic mass is 9.97. The van der Waals surface area contributed by atoms with E-state index in [1.54, 1.807) is 6.07 Å². The third-order valence-electron chi connectivity index (χ3n) is 12.4. The Hall–Kier alpha value is -4.18. The van der Waals surface area contributed by atoms with Crippen LogP contribution < -0.4 is 14.2 Å². The van der Waals surface area contributed by atoms with Gasteiger partial charge in [0.25, 0.3) is 0 Å². The van der Waals surface area contributed by atoms with E-state index in [9.17, 15) is 14.4 Å². The minimum Gasteiger partial charge on any atom is -0.543 e. The highest BCUT2D eigenvalue weighted by atomic mass is 28.4. The van der Waals surface area contributed by atoms with Crippen LogP contribution in [0.4, 0.5) is 0 Å². The van der Waals surface area contributed by atoms with Crippen LogP contribution in [-0.2, 0) is 25.6 Å². The van der Waals surface area contributed by atoms with E-state index in [4.69, 9.17) is 23.3 Å². The van der Waals surface area contributed by atoms with Crippen molar-refractivity contribution in [2.24, 2.45) is 11.8 Å². The molecule has 13 heteroatoms. The average Bonchev–Trinajstić information content (AvgIpc) is 3.21. The van der Waals surface area contributed by atoms with Crippen LogP contribution in [0.15, 0.2) is 60.7 Å². The molecule has 2 aromatic carbocycles. The van der Waals surface area contributed by atoms with E-state index in [1.807, 2.05) is 44.2 Å². The number of piperidine rings is 2. The van der Waals surface area contributed by atoms with Gasteiger partial charge in [0.1, 0.15) is 17.2 Å². The van der Waals surface area contributed by atoms with Gasteiger partial charge in [0.15, 0.2) is 6.29 Å². The quantitative estimate of drug-likeness (QED) is 0.0878. The molecule has 6 rings (SSSR count). The number of likely N-dealkylation sites (tertiary alicyclic amines) is 1. The summed E-state index contributed by atoms with van der Waals surface area (Å²) < 4.78 is 22.8. The number of hydrogen-bond donors (Lipinski definition) is 1. The van der Waals surface area contributed by atoms with Crippen molar-refractivity contribution in [2.45, 2.75) is 124 Å². The first-order valence-electron chi connectivity index (χ1n) is 22.1. The second-order valence-electron chi connectivity index (χ2n) is 19.2. The lowest BCUT2D eigenvalue weighted by Gasteiger charge is -2.36.